The van der Waals surface area contributed by atoms with Crippen molar-refractivity contribution in [3.63, 3.8) is 0 Å². The van der Waals surface area contributed by atoms with Gasteiger partial charge in [-0.15, -0.1) is 0 Å². The average molecular weight is 272 g/mol. The van der Waals surface area contributed by atoms with Crippen LogP contribution >= 0.6 is 0 Å². The molecule has 0 bridgehead atoms. The van der Waals surface area contributed by atoms with Gasteiger partial charge in [0.1, 0.15) is 22.6 Å². The minimum atomic E-state index is -0.572. The van der Waals surface area contributed by atoms with Crippen molar-refractivity contribution in [2.75, 3.05) is 7.11 Å². The van der Waals surface area contributed by atoms with Crippen LogP contribution in [0.4, 0.5) is 0 Å². The maximum Gasteiger partial charge on any atom is 0.347 e. The van der Waals surface area contributed by atoms with Crippen LogP contribution in [0, 0.1) is 0 Å². The number of aromatic hydroxyl groups is 1. The summed E-state index contributed by atoms with van der Waals surface area (Å²) in [4.78, 5) is 15.9. The molecule has 0 unspecified atom stereocenters. The Morgan fingerprint density at radius 1 is 1.40 bits per heavy atom. The number of methoxy groups -OCH3 is 1. The molecule has 0 atom stereocenters. The van der Waals surface area contributed by atoms with Crippen molar-refractivity contribution in [1.82, 2.24) is 9.55 Å². The number of imidazole rings is 1. The fourth-order valence-corrected chi connectivity index (χ4v) is 2.09. The SMILES string of the molecule is COc1cc(O)c2c(=O)oc(Cn3ccnc3)cc2c1. The van der Waals surface area contributed by atoms with E-state index in [0.29, 0.717) is 23.4 Å². The summed E-state index contributed by atoms with van der Waals surface area (Å²) in [6, 6.07) is 4.77. The fourth-order valence-electron chi connectivity index (χ4n) is 2.09. The summed E-state index contributed by atoms with van der Waals surface area (Å²) < 4.78 is 12.1. The maximum atomic E-state index is 12.0. The molecule has 0 radical (unpaired) electrons. The molecule has 3 rings (SSSR count). The first-order chi connectivity index (χ1) is 9.67. The van der Waals surface area contributed by atoms with Gasteiger partial charge >= 0.3 is 5.63 Å². The van der Waals surface area contributed by atoms with Gasteiger partial charge in [0.15, 0.2) is 0 Å². The van der Waals surface area contributed by atoms with Gasteiger partial charge in [-0.2, -0.15) is 0 Å². The lowest BCUT2D eigenvalue weighted by Crippen LogP contribution is -2.05. The van der Waals surface area contributed by atoms with E-state index in [1.807, 2.05) is 0 Å². The van der Waals surface area contributed by atoms with E-state index in [1.54, 1.807) is 35.4 Å². The molecule has 2 aromatic heterocycles. The summed E-state index contributed by atoms with van der Waals surface area (Å²) >= 11 is 0. The maximum absolute atomic E-state index is 12.0. The van der Waals surface area contributed by atoms with Gasteiger partial charge in [-0.1, -0.05) is 0 Å². The third kappa shape index (κ3) is 2.11. The summed E-state index contributed by atoms with van der Waals surface area (Å²) in [5.41, 5.74) is -0.572. The number of ether oxygens (including phenoxy) is 1. The topological polar surface area (TPSA) is 77.5 Å². The molecule has 0 aliphatic heterocycles. The summed E-state index contributed by atoms with van der Waals surface area (Å²) in [6.45, 7) is 0.392. The molecule has 3 aromatic rings. The predicted octanol–water partition coefficient (Wildman–Crippen LogP) is 1.75. The first kappa shape index (κ1) is 12.3. The third-order valence-electron chi connectivity index (χ3n) is 3.00. The Kier molecular flexibility index (Phi) is 2.90. The molecule has 0 saturated heterocycles. The van der Waals surface area contributed by atoms with Gasteiger partial charge in [-0.3, -0.25) is 0 Å². The Bertz CT molecular complexity index is 806. The Morgan fingerprint density at radius 2 is 2.25 bits per heavy atom. The van der Waals surface area contributed by atoms with E-state index < -0.39 is 5.63 Å². The number of aromatic nitrogens is 2. The number of rotatable bonds is 3. The average Bonchev–Trinajstić information content (AvgIpc) is 2.90. The van der Waals surface area contributed by atoms with Crippen LogP contribution in [0.3, 0.4) is 0 Å². The van der Waals surface area contributed by atoms with Crippen molar-refractivity contribution >= 4 is 10.8 Å². The van der Waals surface area contributed by atoms with E-state index in [2.05, 4.69) is 4.98 Å². The van der Waals surface area contributed by atoms with Crippen LogP contribution in [0.15, 0.2) is 46.1 Å². The van der Waals surface area contributed by atoms with Crippen LogP contribution in [-0.4, -0.2) is 21.8 Å². The van der Waals surface area contributed by atoms with Crippen molar-refractivity contribution in [1.29, 1.82) is 0 Å². The highest BCUT2D eigenvalue weighted by Gasteiger charge is 2.11. The third-order valence-corrected chi connectivity index (χ3v) is 3.00. The second kappa shape index (κ2) is 4.73. The fraction of sp³-hybridized carbons (Fsp3) is 0.143. The molecule has 0 spiro atoms. The lowest BCUT2D eigenvalue weighted by molar-refractivity contribution is 0.408. The van der Waals surface area contributed by atoms with E-state index in [-0.39, 0.29) is 11.1 Å². The predicted molar refractivity (Wildman–Crippen MR) is 72.0 cm³/mol. The van der Waals surface area contributed by atoms with Crippen molar-refractivity contribution in [2.45, 2.75) is 6.54 Å². The monoisotopic (exact) mass is 272 g/mol. The summed E-state index contributed by atoms with van der Waals surface area (Å²) in [5.74, 6) is 0.810. The lowest BCUT2D eigenvalue weighted by atomic mass is 10.1. The molecule has 2 heterocycles. The smallest absolute Gasteiger partial charge is 0.347 e. The molecular formula is C14H12N2O4. The van der Waals surface area contributed by atoms with Crippen LogP contribution in [0.5, 0.6) is 11.5 Å². The first-order valence-corrected chi connectivity index (χ1v) is 5.97. The molecule has 102 valence electrons. The van der Waals surface area contributed by atoms with E-state index in [9.17, 15) is 9.90 Å². The molecule has 6 nitrogen and oxygen atoms in total. The molecule has 0 saturated carbocycles. The molecule has 0 amide bonds. The molecule has 6 heteroatoms. The molecule has 1 aromatic carbocycles. The second-order valence-electron chi connectivity index (χ2n) is 4.35. The normalized spacial score (nSPS) is 10.8. The molecule has 0 aliphatic carbocycles. The summed E-state index contributed by atoms with van der Waals surface area (Å²) in [5, 5.41) is 10.6. The van der Waals surface area contributed by atoms with Crippen molar-refractivity contribution < 1.29 is 14.3 Å². The van der Waals surface area contributed by atoms with Crippen molar-refractivity contribution in [3.05, 3.63) is 53.1 Å². The number of benzene rings is 1. The molecule has 1 N–H and O–H groups in total. The Morgan fingerprint density at radius 3 is 2.95 bits per heavy atom. The van der Waals surface area contributed by atoms with E-state index in [4.69, 9.17) is 9.15 Å². The highest BCUT2D eigenvalue weighted by molar-refractivity contribution is 5.88. The van der Waals surface area contributed by atoms with Gasteiger partial charge in [0.25, 0.3) is 0 Å². The second-order valence-corrected chi connectivity index (χ2v) is 4.35. The van der Waals surface area contributed by atoms with Gasteiger partial charge in [0.2, 0.25) is 0 Å². The molecule has 20 heavy (non-hydrogen) atoms. The number of phenolic OH excluding ortho intramolecular Hbond substituents is 1. The summed E-state index contributed by atoms with van der Waals surface area (Å²) in [6.07, 6.45) is 5.05. The van der Waals surface area contributed by atoms with Crippen LogP contribution in [-0.2, 0) is 6.54 Å². The minimum Gasteiger partial charge on any atom is -0.507 e. The largest absolute Gasteiger partial charge is 0.507 e. The zero-order valence-corrected chi connectivity index (χ0v) is 10.7. The Hall–Kier alpha value is -2.76. The quantitative estimate of drug-likeness (QED) is 0.786. The number of nitrogens with zero attached hydrogens (tertiary/aromatic N) is 2. The van der Waals surface area contributed by atoms with Gasteiger partial charge in [-0.05, 0) is 17.5 Å². The van der Waals surface area contributed by atoms with E-state index in [0.717, 1.165) is 0 Å². The van der Waals surface area contributed by atoms with Crippen molar-refractivity contribution in [2.24, 2.45) is 0 Å². The first-order valence-electron chi connectivity index (χ1n) is 5.97. The van der Waals surface area contributed by atoms with Crippen LogP contribution in [0.25, 0.3) is 10.8 Å². The van der Waals surface area contributed by atoms with Gasteiger partial charge in [0, 0.05) is 18.5 Å². The molecular weight excluding hydrogens is 260 g/mol. The van der Waals surface area contributed by atoms with E-state index >= 15 is 0 Å². The van der Waals surface area contributed by atoms with Gasteiger partial charge < -0.3 is 18.8 Å². The van der Waals surface area contributed by atoms with Crippen LogP contribution in [0.1, 0.15) is 5.76 Å². The number of hydrogen-bond donors (Lipinski definition) is 1. The molecule has 0 fully saturated rings. The Labute approximate surface area is 113 Å². The minimum absolute atomic E-state index is 0.151. The van der Waals surface area contributed by atoms with Crippen LogP contribution < -0.4 is 10.4 Å². The van der Waals surface area contributed by atoms with E-state index in [1.165, 1.54) is 13.2 Å². The highest BCUT2D eigenvalue weighted by Crippen LogP contribution is 2.28. The lowest BCUT2D eigenvalue weighted by Gasteiger charge is -2.06. The molecule has 0 aliphatic rings. The summed E-state index contributed by atoms with van der Waals surface area (Å²) in [7, 11) is 1.50. The van der Waals surface area contributed by atoms with Crippen LogP contribution in [0.2, 0.25) is 0 Å². The van der Waals surface area contributed by atoms with Gasteiger partial charge in [0.05, 0.1) is 20.0 Å². The number of hydrogen-bond acceptors (Lipinski definition) is 5. The standard InChI is InChI=1S/C14H12N2O4/c1-19-10-4-9-5-11(7-16-3-2-15-8-16)20-14(18)13(9)12(17)6-10/h2-6,8,17H,7H2,1H3. The van der Waals surface area contributed by atoms with Crippen molar-refractivity contribution in [3.8, 4) is 11.5 Å². The number of fused-ring (bicyclic) bond motifs is 1. The zero-order valence-electron chi connectivity index (χ0n) is 10.7. The highest BCUT2D eigenvalue weighted by atomic mass is 16.5. The Balaban J connectivity index is 2.15. The number of phenols is 1. The zero-order chi connectivity index (χ0) is 14.1. The van der Waals surface area contributed by atoms with Gasteiger partial charge in [-0.25, -0.2) is 9.78 Å².